The van der Waals surface area contributed by atoms with E-state index in [0.29, 0.717) is 12.3 Å². The first-order chi connectivity index (χ1) is 12.7. The van der Waals surface area contributed by atoms with Gasteiger partial charge in [-0.1, -0.05) is 23.7 Å². The zero-order valence-electron chi connectivity index (χ0n) is 15.7. The fraction of sp³-hybridized carbons (Fsp3) is 0.316. The summed E-state index contributed by atoms with van der Waals surface area (Å²) in [5.74, 6) is -0.403. The lowest BCUT2D eigenvalue weighted by Gasteiger charge is -2.15. The Kier molecular flexibility index (Phi) is 6.86. The largest absolute Gasteiger partial charge is 0.383 e. The summed E-state index contributed by atoms with van der Waals surface area (Å²) in [6, 6.07) is 9.27. The molecule has 2 aromatic carbocycles. The van der Waals surface area contributed by atoms with E-state index >= 15 is 0 Å². The lowest BCUT2D eigenvalue weighted by atomic mass is 10.1. The molecule has 1 amide bonds. The van der Waals surface area contributed by atoms with E-state index in [4.69, 9.17) is 16.3 Å². The van der Waals surface area contributed by atoms with Gasteiger partial charge < -0.3 is 10.1 Å². The van der Waals surface area contributed by atoms with Crippen molar-refractivity contribution in [3.05, 3.63) is 58.1 Å². The van der Waals surface area contributed by atoms with Crippen LogP contribution in [0.4, 0.5) is 5.69 Å². The number of hydrogen-bond acceptors (Lipinski definition) is 4. The molecule has 6 nitrogen and oxygen atoms in total. The molecule has 0 saturated carbocycles. The molecular weight excluding hydrogens is 388 g/mol. The average molecular weight is 411 g/mol. The molecule has 0 bridgehead atoms. The van der Waals surface area contributed by atoms with Gasteiger partial charge in [-0.3, -0.25) is 9.52 Å². The molecule has 0 fully saturated rings. The van der Waals surface area contributed by atoms with E-state index in [-0.39, 0.29) is 21.5 Å². The molecule has 27 heavy (non-hydrogen) atoms. The number of aryl methyl sites for hydroxylation is 1. The molecule has 0 aliphatic carbocycles. The fourth-order valence-electron chi connectivity index (χ4n) is 2.51. The first-order valence-electron chi connectivity index (χ1n) is 8.34. The van der Waals surface area contributed by atoms with Crippen LogP contribution in [0.15, 0.2) is 41.3 Å². The Hall–Kier alpha value is -2.09. The van der Waals surface area contributed by atoms with Crippen LogP contribution >= 0.6 is 11.6 Å². The standard InChI is InChI=1S/C19H23ClN2O4S/c1-12-6-5-7-17(14(12)3)22-27(24,25)18-10-15(8-9-16(18)20)19(23)21-13(2)11-26-4/h5-10,13,22H,11H2,1-4H3,(H,21,23)/t13-/m1/s1. The monoisotopic (exact) mass is 410 g/mol. The third-order valence-electron chi connectivity index (χ3n) is 4.13. The number of amides is 1. The normalized spacial score (nSPS) is 12.5. The van der Waals surface area contributed by atoms with Crippen LogP contribution in [0, 0.1) is 13.8 Å². The number of methoxy groups -OCH3 is 1. The average Bonchev–Trinajstić information content (AvgIpc) is 2.59. The van der Waals surface area contributed by atoms with Crippen LogP contribution in [0.25, 0.3) is 0 Å². The highest BCUT2D eigenvalue weighted by Gasteiger charge is 2.21. The van der Waals surface area contributed by atoms with Crippen LogP contribution in [0.1, 0.15) is 28.4 Å². The van der Waals surface area contributed by atoms with E-state index in [9.17, 15) is 13.2 Å². The highest BCUT2D eigenvalue weighted by Crippen LogP contribution is 2.27. The first-order valence-corrected chi connectivity index (χ1v) is 10.2. The molecule has 1 atom stereocenters. The molecule has 0 aliphatic heterocycles. The van der Waals surface area contributed by atoms with Crippen molar-refractivity contribution in [1.29, 1.82) is 0 Å². The lowest BCUT2D eigenvalue weighted by molar-refractivity contribution is 0.0905. The van der Waals surface area contributed by atoms with Gasteiger partial charge in [-0.2, -0.15) is 0 Å². The van der Waals surface area contributed by atoms with E-state index in [1.165, 1.54) is 25.3 Å². The summed E-state index contributed by atoms with van der Waals surface area (Å²) in [6.45, 7) is 5.86. The molecule has 0 aromatic heterocycles. The summed E-state index contributed by atoms with van der Waals surface area (Å²) in [7, 11) is -2.43. The number of carbonyl (C=O) groups excluding carboxylic acids is 1. The number of rotatable bonds is 7. The van der Waals surface area contributed by atoms with Crippen molar-refractivity contribution < 1.29 is 17.9 Å². The Labute approximate surface area is 164 Å². The zero-order chi connectivity index (χ0) is 20.2. The Bertz CT molecular complexity index is 945. The Balaban J connectivity index is 2.34. The van der Waals surface area contributed by atoms with Gasteiger partial charge in [-0.05, 0) is 56.2 Å². The van der Waals surface area contributed by atoms with Crippen LogP contribution in [0.3, 0.4) is 0 Å². The number of halogens is 1. The number of hydrogen-bond donors (Lipinski definition) is 2. The Morgan fingerprint density at radius 3 is 2.59 bits per heavy atom. The second-order valence-electron chi connectivity index (χ2n) is 6.33. The minimum Gasteiger partial charge on any atom is -0.383 e. The van der Waals surface area contributed by atoms with Crippen LogP contribution in [-0.4, -0.2) is 34.1 Å². The predicted octanol–water partition coefficient (Wildman–Crippen LogP) is 3.52. The molecule has 0 unspecified atom stereocenters. The van der Waals surface area contributed by atoms with Crippen molar-refractivity contribution in [3.8, 4) is 0 Å². The van der Waals surface area contributed by atoms with Gasteiger partial charge in [-0.15, -0.1) is 0 Å². The van der Waals surface area contributed by atoms with Gasteiger partial charge in [0.15, 0.2) is 0 Å². The predicted molar refractivity (Wildman–Crippen MR) is 107 cm³/mol. The maximum Gasteiger partial charge on any atom is 0.263 e. The second-order valence-corrected chi connectivity index (χ2v) is 8.39. The summed E-state index contributed by atoms with van der Waals surface area (Å²) in [5.41, 5.74) is 2.44. The number of anilines is 1. The van der Waals surface area contributed by atoms with Gasteiger partial charge in [0.2, 0.25) is 0 Å². The van der Waals surface area contributed by atoms with E-state index < -0.39 is 15.9 Å². The SMILES string of the molecule is COC[C@@H](C)NC(=O)c1ccc(Cl)c(S(=O)(=O)Nc2cccc(C)c2C)c1. The molecule has 0 radical (unpaired) electrons. The van der Waals surface area contributed by atoms with Crippen molar-refractivity contribution in [2.45, 2.75) is 31.7 Å². The van der Waals surface area contributed by atoms with E-state index in [0.717, 1.165) is 11.1 Å². The lowest BCUT2D eigenvalue weighted by Crippen LogP contribution is -2.35. The number of benzene rings is 2. The van der Waals surface area contributed by atoms with Crippen molar-refractivity contribution in [2.75, 3.05) is 18.4 Å². The van der Waals surface area contributed by atoms with Gasteiger partial charge in [-0.25, -0.2) is 8.42 Å². The smallest absolute Gasteiger partial charge is 0.263 e. The van der Waals surface area contributed by atoms with Crippen molar-refractivity contribution >= 4 is 33.2 Å². The fourth-order valence-corrected chi connectivity index (χ4v) is 4.16. The molecule has 2 aromatic rings. The summed E-state index contributed by atoms with van der Waals surface area (Å²) in [6.07, 6.45) is 0. The van der Waals surface area contributed by atoms with Gasteiger partial charge in [0.1, 0.15) is 4.90 Å². The minimum atomic E-state index is -3.96. The van der Waals surface area contributed by atoms with E-state index in [1.807, 2.05) is 19.9 Å². The zero-order valence-corrected chi connectivity index (χ0v) is 17.2. The van der Waals surface area contributed by atoms with Gasteiger partial charge in [0.25, 0.3) is 15.9 Å². The summed E-state index contributed by atoms with van der Waals surface area (Å²) in [5, 5.41) is 2.78. The topological polar surface area (TPSA) is 84.5 Å². The van der Waals surface area contributed by atoms with Gasteiger partial charge in [0, 0.05) is 18.7 Å². The second kappa shape index (κ2) is 8.73. The highest BCUT2D eigenvalue weighted by atomic mass is 35.5. The molecule has 2 N–H and O–H groups in total. The maximum atomic E-state index is 12.8. The maximum absolute atomic E-state index is 12.8. The summed E-state index contributed by atoms with van der Waals surface area (Å²) >= 11 is 6.11. The van der Waals surface area contributed by atoms with Crippen molar-refractivity contribution in [3.63, 3.8) is 0 Å². The van der Waals surface area contributed by atoms with Crippen LogP contribution in [0.5, 0.6) is 0 Å². The molecular formula is C19H23ClN2O4S. The molecule has 0 saturated heterocycles. The molecule has 8 heteroatoms. The minimum absolute atomic E-state index is 0.0364. The summed E-state index contributed by atoms with van der Waals surface area (Å²) in [4.78, 5) is 12.2. The number of nitrogens with one attached hydrogen (secondary N) is 2. The van der Waals surface area contributed by atoms with Gasteiger partial charge in [0.05, 0.1) is 17.3 Å². The molecule has 146 valence electrons. The van der Waals surface area contributed by atoms with Gasteiger partial charge >= 0.3 is 0 Å². The third-order valence-corrected chi connectivity index (χ3v) is 5.97. The molecule has 0 aliphatic rings. The number of ether oxygens (including phenoxy) is 1. The highest BCUT2D eigenvalue weighted by molar-refractivity contribution is 7.92. The molecule has 0 heterocycles. The molecule has 2 rings (SSSR count). The van der Waals surface area contributed by atoms with E-state index in [2.05, 4.69) is 10.0 Å². The quantitative estimate of drug-likeness (QED) is 0.731. The summed E-state index contributed by atoms with van der Waals surface area (Å²) < 4.78 is 33.2. The third kappa shape index (κ3) is 5.22. The van der Waals surface area contributed by atoms with Crippen LogP contribution in [0.2, 0.25) is 5.02 Å². The van der Waals surface area contributed by atoms with Crippen LogP contribution in [-0.2, 0) is 14.8 Å². The van der Waals surface area contributed by atoms with Crippen molar-refractivity contribution in [2.24, 2.45) is 0 Å². The number of sulfonamides is 1. The van der Waals surface area contributed by atoms with E-state index in [1.54, 1.807) is 19.1 Å². The Morgan fingerprint density at radius 2 is 1.93 bits per heavy atom. The van der Waals surface area contributed by atoms with Crippen molar-refractivity contribution in [1.82, 2.24) is 5.32 Å². The number of carbonyl (C=O) groups is 1. The molecule has 0 spiro atoms. The first kappa shape index (κ1) is 21.2. The van der Waals surface area contributed by atoms with Crippen LogP contribution < -0.4 is 10.0 Å². The Morgan fingerprint density at radius 1 is 1.22 bits per heavy atom.